The minimum Gasteiger partial charge on any atom is -0.398 e. The molecule has 5 rings (SSSR count). The first-order chi connectivity index (χ1) is 16.1. The van der Waals surface area contributed by atoms with E-state index >= 15 is 0 Å². The van der Waals surface area contributed by atoms with Gasteiger partial charge in [-0.05, 0) is 86.2 Å². The minimum atomic E-state index is 0.437. The topological polar surface area (TPSA) is 26.0 Å². The summed E-state index contributed by atoms with van der Waals surface area (Å²) in [4.78, 5) is 0. The summed E-state index contributed by atoms with van der Waals surface area (Å²) in [6.07, 6.45) is 7.79. The summed E-state index contributed by atoms with van der Waals surface area (Å²) >= 11 is 0. The standard InChI is InChI=1S/C30H31N.C2H6/c1-4-6-25-14-11-21(20(3)30(25)31)10-9-19(2)26-17-15-24-13-12-22-7-5-8-23-16-18-27(26)29(24)28(22)23;1-2/h5,7-8,10,12-13,15-19H,3-4,6,9,11,14,31H2,1-2H3;1-2H3/b21-10-;. The molecular formula is C32H37N. The zero-order valence-corrected chi connectivity index (χ0v) is 20.7. The van der Waals surface area contributed by atoms with Crippen LogP contribution in [0.5, 0.6) is 0 Å². The molecule has 0 saturated heterocycles. The molecule has 1 nitrogen and oxygen atoms in total. The Labute approximate surface area is 199 Å². The van der Waals surface area contributed by atoms with Gasteiger partial charge in [-0.25, -0.2) is 0 Å². The van der Waals surface area contributed by atoms with E-state index in [-0.39, 0.29) is 0 Å². The molecule has 0 bridgehead atoms. The maximum atomic E-state index is 6.41. The van der Waals surface area contributed by atoms with Gasteiger partial charge in [-0.1, -0.05) is 101 Å². The van der Waals surface area contributed by atoms with Crippen LogP contribution in [0.4, 0.5) is 0 Å². The lowest BCUT2D eigenvalue weighted by Gasteiger charge is -2.23. The van der Waals surface area contributed by atoms with Gasteiger partial charge < -0.3 is 5.73 Å². The molecule has 170 valence electrons. The van der Waals surface area contributed by atoms with Crippen molar-refractivity contribution in [1.82, 2.24) is 0 Å². The van der Waals surface area contributed by atoms with Crippen LogP contribution < -0.4 is 5.73 Å². The number of hydrogen-bond acceptors (Lipinski definition) is 1. The van der Waals surface area contributed by atoms with Crippen molar-refractivity contribution in [2.24, 2.45) is 5.73 Å². The summed E-state index contributed by atoms with van der Waals surface area (Å²) in [6, 6.07) is 20.3. The molecule has 4 aromatic carbocycles. The minimum absolute atomic E-state index is 0.437. The van der Waals surface area contributed by atoms with Gasteiger partial charge in [0.05, 0.1) is 0 Å². The van der Waals surface area contributed by atoms with E-state index in [0.717, 1.165) is 43.4 Å². The van der Waals surface area contributed by atoms with Gasteiger partial charge in [0, 0.05) is 5.70 Å². The van der Waals surface area contributed by atoms with Crippen LogP contribution in [0.2, 0.25) is 0 Å². The van der Waals surface area contributed by atoms with E-state index in [9.17, 15) is 0 Å². The molecule has 0 aromatic heterocycles. The highest BCUT2D eigenvalue weighted by Gasteiger charge is 2.18. The van der Waals surface area contributed by atoms with Crippen LogP contribution in [-0.4, -0.2) is 0 Å². The summed E-state index contributed by atoms with van der Waals surface area (Å²) in [5.41, 5.74) is 12.6. The fraction of sp³-hybridized carbons (Fsp3) is 0.312. The Hall–Kier alpha value is -3.06. The maximum absolute atomic E-state index is 6.41. The molecule has 0 fully saturated rings. The van der Waals surface area contributed by atoms with Crippen molar-refractivity contribution in [2.45, 2.75) is 65.7 Å². The van der Waals surface area contributed by atoms with E-state index in [2.05, 4.69) is 81.1 Å². The summed E-state index contributed by atoms with van der Waals surface area (Å²) in [6.45, 7) is 12.9. The van der Waals surface area contributed by atoms with E-state index in [1.54, 1.807) is 0 Å². The molecule has 0 radical (unpaired) electrons. The molecule has 4 aromatic rings. The second-order valence-corrected chi connectivity index (χ2v) is 9.12. The van der Waals surface area contributed by atoms with Crippen molar-refractivity contribution in [3.05, 3.63) is 95.2 Å². The molecule has 1 aliphatic rings. The van der Waals surface area contributed by atoms with Gasteiger partial charge >= 0.3 is 0 Å². The van der Waals surface area contributed by atoms with Gasteiger partial charge in [0.15, 0.2) is 0 Å². The Morgan fingerprint density at radius 1 is 0.909 bits per heavy atom. The van der Waals surface area contributed by atoms with Crippen molar-refractivity contribution in [1.29, 1.82) is 0 Å². The molecule has 1 heteroatoms. The largest absolute Gasteiger partial charge is 0.398 e. The lowest BCUT2D eigenvalue weighted by atomic mass is 9.84. The molecule has 33 heavy (non-hydrogen) atoms. The van der Waals surface area contributed by atoms with Crippen molar-refractivity contribution in [2.75, 3.05) is 0 Å². The lowest BCUT2D eigenvalue weighted by molar-refractivity contribution is 0.755. The normalized spacial score (nSPS) is 16.6. The quantitative estimate of drug-likeness (QED) is 0.310. The predicted octanol–water partition coefficient (Wildman–Crippen LogP) is 9.39. The highest BCUT2D eigenvalue weighted by molar-refractivity contribution is 6.23. The van der Waals surface area contributed by atoms with Crippen LogP contribution in [-0.2, 0) is 0 Å². The van der Waals surface area contributed by atoms with Crippen LogP contribution in [0, 0.1) is 0 Å². The van der Waals surface area contributed by atoms with Gasteiger partial charge in [0.25, 0.3) is 0 Å². The highest BCUT2D eigenvalue weighted by Crippen LogP contribution is 2.39. The van der Waals surface area contributed by atoms with Crippen molar-refractivity contribution in [3.63, 3.8) is 0 Å². The first kappa shape index (κ1) is 23.1. The second-order valence-electron chi connectivity index (χ2n) is 9.12. The zero-order valence-electron chi connectivity index (χ0n) is 20.7. The smallest absolute Gasteiger partial charge is 0.0376 e. The highest BCUT2D eigenvalue weighted by atomic mass is 14.6. The first-order valence-electron chi connectivity index (χ1n) is 12.6. The van der Waals surface area contributed by atoms with E-state index in [1.807, 2.05) is 13.8 Å². The molecule has 0 spiro atoms. The van der Waals surface area contributed by atoms with Crippen molar-refractivity contribution < 1.29 is 0 Å². The lowest BCUT2D eigenvalue weighted by Crippen LogP contribution is -2.12. The first-order valence-corrected chi connectivity index (χ1v) is 12.6. The van der Waals surface area contributed by atoms with E-state index in [4.69, 9.17) is 5.73 Å². The Bertz CT molecular complexity index is 1340. The Morgan fingerprint density at radius 2 is 1.55 bits per heavy atom. The van der Waals surface area contributed by atoms with E-state index in [0.29, 0.717) is 5.92 Å². The second kappa shape index (κ2) is 9.83. The van der Waals surface area contributed by atoms with Gasteiger partial charge in [0.2, 0.25) is 0 Å². The molecule has 2 N–H and O–H groups in total. The van der Waals surface area contributed by atoms with Crippen LogP contribution >= 0.6 is 0 Å². The Balaban J connectivity index is 0.00000126. The SMILES string of the molecule is C=C1C(N)=C(CCC)CC/C1=C/CC(C)c1ccc2ccc3cccc4ccc1c2c34.CC. The monoisotopic (exact) mass is 435 g/mol. The van der Waals surface area contributed by atoms with Gasteiger partial charge in [-0.2, -0.15) is 0 Å². The fourth-order valence-electron chi connectivity index (χ4n) is 5.38. The molecule has 1 atom stereocenters. The summed E-state index contributed by atoms with van der Waals surface area (Å²) in [5.74, 6) is 0.437. The summed E-state index contributed by atoms with van der Waals surface area (Å²) in [5, 5.41) is 8.17. The Kier molecular flexibility index (Phi) is 6.88. The number of rotatable bonds is 5. The average Bonchev–Trinajstić information content (AvgIpc) is 2.86. The van der Waals surface area contributed by atoms with Crippen LogP contribution in [0.25, 0.3) is 32.3 Å². The Morgan fingerprint density at radius 3 is 2.24 bits per heavy atom. The van der Waals surface area contributed by atoms with E-state index in [1.165, 1.54) is 49.0 Å². The molecule has 0 amide bonds. The number of hydrogen-bond donors (Lipinski definition) is 1. The summed E-state index contributed by atoms with van der Waals surface area (Å²) in [7, 11) is 0. The van der Waals surface area contributed by atoms with E-state index < -0.39 is 0 Å². The number of benzene rings is 4. The average molecular weight is 436 g/mol. The van der Waals surface area contributed by atoms with Gasteiger partial charge in [0.1, 0.15) is 0 Å². The third kappa shape index (κ3) is 4.17. The molecule has 0 saturated carbocycles. The molecular weight excluding hydrogens is 398 g/mol. The number of allylic oxidation sites excluding steroid dienone is 3. The van der Waals surface area contributed by atoms with Gasteiger partial charge in [-0.15, -0.1) is 0 Å². The molecule has 1 unspecified atom stereocenters. The molecule has 0 heterocycles. The van der Waals surface area contributed by atoms with Crippen molar-refractivity contribution in [3.8, 4) is 0 Å². The predicted molar refractivity (Wildman–Crippen MR) is 147 cm³/mol. The van der Waals surface area contributed by atoms with Gasteiger partial charge in [-0.3, -0.25) is 0 Å². The third-order valence-corrected chi connectivity index (χ3v) is 7.15. The summed E-state index contributed by atoms with van der Waals surface area (Å²) < 4.78 is 0. The van der Waals surface area contributed by atoms with Crippen LogP contribution in [0.3, 0.4) is 0 Å². The third-order valence-electron chi connectivity index (χ3n) is 7.15. The number of nitrogens with two attached hydrogens (primary N) is 1. The molecule has 0 aliphatic heterocycles. The zero-order chi connectivity index (χ0) is 23.5. The maximum Gasteiger partial charge on any atom is 0.0376 e. The van der Waals surface area contributed by atoms with Crippen LogP contribution in [0.1, 0.15) is 71.3 Å². The fourth-order valence-corrected chi connectivity index (χ4v) is 5.38. The van der Waals surface area contributed by atoms with Crippen LogP contribution in [0.15, 0.2) is 89.7 Å². The van der Waals surface area contributed by atoms with Crippen molar-refractivity contribution >= 4 is 32.3 Å². The molecule has 1 aliphatic carbocycles.